The molecule has 1 aromatic heterocycles. The number of hydrogen-bond donors (Lipinski definition) is 1. The quantitative estimate of drug-likeness (QED) is 0.845. The van der Waals surface area contributed by atoms with Gasteiger partial charge in [-0.15, -0.1) is 0 Å². The molecule has 3 nitrogen and oxygen atoms in total. The average molecular weight is 257 g/mol. The van der Waals surface area contributed by atoms with Crippen LogP contribution in [0.2, 0.25) is 0 Å². The maximum absolute atomic E-state index is 4.33. The van der Waals surface area contributed by atoms with E-state index >= 15 is 0 Å². The molecule has 0 saturated heterocycles. The molecule has 2 aromatic rings. The summed E-state index contributed by atoms with van der Waals surface area (Å²) in [5.41, 5.74) is 2.51. The van der Waals surface area contributed by atoms with E-state index in [4.69, 9.17) is 0 Å². The molecule has 3 heteroatoms. The van der Waals surface area contributed by atoms with Crippen LogP contribution in [0.5, 0.6) is 0 Å². The van der Waals surface area contributed by atoms with Crippen LogP contribution in [-0.4, -0.2) is 16.3 Å². The fourth-order valence-electron chi connectivity index (χ4n) is 2.09. The van der Waals surface area contributed by atoms with Crippen LogP contribution in [0.3, 0.4) is 0 Å². The number of nitrogens with one attached hydrogen (secondary N) is 1. The Morgan fingerprint density at radius 2 is 1.89 bits per heavy atom. The standard InChI is InChI=1S/C16H23N3/c1-13(2)19-12-16(11-18-19)17-10-9-14(3)15-7-5-4-6-8-15/h4-8,11-14,17H,9-10H2,1-3H3. The molecule has 19 heavy (non-hydrogen) atoms. The predicted molar refractivity (Wildman–Crippen MR) is 80.6 cm³/mol. The van der Waals surface area contributed by atoms with E-state index in [0.717, 1.165) is 18.7 Å². The van der Waals surface area contributed by atoms with Crippen LogP contribution < -0.4 is 5.32 Å². The first-order valence-corrected chi connectivity index (χ1v) is 7.00. The number of hydrogen-bond acceptors (Lipinski definition) is 2. The summed E-state index contributed by atoms with van der Waals surface area (Å²) in [6.07, 6.45) is 5.09. The van der Waals surface area contributed by atoms with Gasteiger partial charge in [-0.25, -0.2) is 0 Å². The number of nitrogens with zero attached hydrogens (tertiary/aromatic N) is 2. The van der Waals surface area contributed by atoms with E-state index < -0.39 is 0 Å². The van der Waals surface area contributed by atoms with E-state index in [-0.39, 0.29) is 0 Å². The largest absolute Gasteiger partial charge is 0.382 e. The van der Waals surface area contributed by atoms with Crippen molar-refractivity contribution in [2.75, 3.05) is 11.9 Å². The van der Waals surface area contributed by atoms with Crippen molar-refractivity contribution in [3.8, 4) is 0 Å². The summed E-state index contributed by atoms with van der Waals surface area (Å²) in [6.45, 7) is 7.51. The summed E-state index contributed by atoms with van der Waals surface area (Å²) in [5.74, 6) is 0.578. The van der Waals surface area contributed by atoms with Crippen molar-refractivity contribution in [2.45, 2.75) is 39.2 Å². The van der Waals surface area contributed by atoms with E-state index in [1.165, 1.54) is 5.56 Å². The molecule has 0 aliphatic rings. The van der Waals surface area contributed by atoms with Gasteiger partial charge in [0.15, 0.2) is 0 Å². The van der Waals surface area contributed by atoms with Crippen molar-refractivity contribution in [3.63, 3.8) is 0 Å². The zero-order valence-electron chi connectivity index (χ0n) is 12.0. The molecule has 0 bridgehead atoms. The Hall–Kier alpha value is -1.77. The Balaban J connectivity index is 1.80. The maximum Gasteiger partial charge on any atom is 0.0726 e. The second-order valence-electron chi connectivity index (χ2n) is 5.33. The molecule has 1 aromatic carbocycles. The van der Waals surface area contributed by atoms with Crippen molar-refractivity contribution < 1.29 is 0 Å². The average Bonchev–Trinajstić information content (AvgIpc) is 2.89. The molecule has 0 spiro atoms. The molecule has 0 amide bonds. The fourth-order valence-corrected chi connectivity index (χ4v) is 2.09. The van der Waals surface area contributed by atoms with Crippen molar-refractivity contribution in [1.82, 2.24) is 9.78 Å². The smallest absolute Gasteiger partial charge is 0.0726 e. The summed E-state index contributed by atoms with van der Waals surface area (Å²) in [6, 6.07) is 11.1. The van der Waals surface area contributed by atoms with Crippen LogP contribution in [-0.2, 0) is 0 Å². The van der Waals surface area contributed by atoms with Gasteiger partial charge >= 0.3 is 0 Å². The summed E-state index contributed by atoms with van der Waals surface area (Å²) >= 11 is 0. The van der Waals surface area contributed by atoms with Gasteiger partial charge in [0.2, 0.25) is 0 Å². The van der Waals surface area contributed by atoms with Crippen LogP contribution in [0.15, 0.2) is 42.7 Å². The molecule has 0 aliphatic carbocycles. The maximum atomic E-state index is 4.33. The first-order chi connectivity index (χ1) is 9.16. The van der Waals surface area contributed by atoms with Gasteiger partial charge in [-0.3, -0.25) is 4.68 Å². The highest BCUT2D eigenvalue weighted by atomic mass is 15.3. The molecule has 0 aliphatic heterocycles. The third kappa shape index (κ3) is 3.85. The number of aromatic nitrogens is 2. The Labute approximate surface area is 115 Å². The third-order valence-corrected chi connectivity index (χ3v) is 3.41. The molecule has 1 unspecified atom stereocenters. The molecule has 2 rings (SSSR count). The van der Waals surface area contributed by atoms with Crippen LogP contribution in [0.1, 0.15) is 44.7 Å². The van der Waals surface area contributed by atoms with E-state index in [9.17, 15) is 0 Å². The summed E-state index contributed by atoms with van der Waals surface area (Å²) in [4.78, 5) is 0. The summed E-state index contributed by atoms with van der Waals surface area (Å²) in [5, 5.41) is 7.76. The topological polar surface area (TPSA) is 29.9 Å². The first-order valence-electron chi connectivity index (χ1n) is 7.00. The van der Waals surface area contributed by atoms with Crippen LogP contribution >= 0.6 is 0 Å². The van der Waals surface area contributed by atoms with Gasteiger partial charge in [0.25, 0.3) is 0 Å². The zero-order chi connectivity index (χ0) is 13.7. The van der Waals surface area contributed by atoms with Gasteiger partial charge in [0.05, 0.1) is 11.9 Å². The van der Waals surface area contributed by atoms with Gasteiger partial charge in [0, 0.05) is 18.8 Å². The van der Waals surface area contributed by atoms with Crippen LogP contribution in [0, 0.1) is 0 Å². The van der Waals surface area contributed by atoms with E-state index in [2.05, 4.69) is 67.7 Å². The fraction of sp³-hybridized carbons (Fsp3) is 0.438. The molecule has 0 saturated carbocycles. The molecule has 0 fully saturated rings. The number of benzene rings is 1. The summed E-state index contributed by atoms with van der Waals surface area (Å²) < 4.78 is 1.98. The highest BCUT2D eigenvalue weighted by Crippen LogP contribution is 2.18. The van der Waals surface area contributed by atoms with Gasteiger partial charge < -0.3 is 5.32 Å². The molecular weight excluding hydrogens is 234 g/mol. The lowest BCUT2D eigenvalue weighted by atomic mass is 9.98. The van der Waals surface area contributed by atoms with E-state index in [0.29, 0.717) is 12.0 Å². The Kier molecular flexibility index (Phi) is 4.61. The molecule has 1 heterocycles. The normalized spacial score (nSPS) is 12.6. The second kappa shape index (κ2) is 6.41. The Bertz CT molecular complexity index is 488. The number of anilines is 1. The monoisotopic (exact) mass is 257 g/mol. The molecule has 102 valence electrons. The minimum atomic E-state index is 0.416. The minimum Gasteiger partial charge on any atom is -0.382 e. The van der Waals surface area contributed by atoms with Gasteiger partial charge in [-0.1, -0.05) is 37.3 Å². The van der Waals surface area contributed by atoms with E-state index in [1.54, 1.807) is 0 Å². The highest BCUT2D eigenvalue weighted by Gasteiger charge is 2.05. The van der Waals surface area contributed by atoms with Gasteiger partial charge in [-0.05, 0) is 31.7 Å². The lowest BCUT2D eigenvalue weighted by molar-refractivity contribution is 0.532. The minimum absolute atomic E-state index is 0.416. The number of rotatable bonds is 6. The summed E-state index contributed by atoms with van der Waals surface area (Å²) in [7, 11) is 0. The lowest BCUT2D eigenvalue weighted by Gasteiger charge is -2.12. The first kappa shape index (κ1) is 13.7. The molecule has 1 N–H and O–H groups in total. The van der Waals surface area contributed by atoms with Crippen LogP contribution in [0.4, 0.5) is 5.69 Å². The Morgan fingerprint density at radius 3 is 2.53 bits per heavy atom. The molecular formula is C16H23N3. The van der Waals surface area contributed by atoms with Crippen LogP contribution in [0.25, 0.3) is 0 Å². The molecule has 1 atom stereocenters. The second-order valence-corrected chi connectivity index (χ2v) is 5.33. The van der Waals surface area contributed by atoms with Gasteiger partial charge in [-0.2, -0.15) is 5.10 Å². The lowest BCUT2D eigenvalue weighted by Crippen LogP contribution is -2.05. The predicted octanol–water partition coefficient (Wildman–Crippen LogP) is 4.07. The SMILES string of the molecule is CC(CCNc1cnn(C(C)C)c1)c1ccccc1. The van der Waals surface area contributed by atoms with Crippen molar-refractivity contribution in [2.24, 2.45) is 0 Å². The van der Waals surface area contributed by atoms with Crippen molar-refractivity contribution >= 4 is 5.69 Å². The van der Waals surface area contributed by atoms with E-state index in [1.807, 2.05) is 10.9 Å². The van der Waals surface area contributed by atoms with Gasteiger partial charge in [0.1, 0.15) is 0 Å². The van der Waals surface area contributed by atoms with Crippen molar-refractivity contribution in [1.29, 1.82) is 0 Å². The Morgan fingerprint density at radius 1 is 1.16 bits per heavy atom. The zero-order valence-corrected chi connectivity index (χ0v) is 12.0. The third-order valence-electron chi connectivity index (χ3n) is 3.41. The van der Waals surface area contributed by atoms with Crippen molar-refractivity contribution in [3.05, 3.63) is 48.3 Å². The highest BCUT2D eigenvalue weighted by molar-refractivity contribution is 5.38. The molecule has 0 radical (unpaired) electrons.